The van der Waals surface area contributed by atoms with Crippen molar-refractivity contribution in [2.75, 3.05) is 5.32 Å². The van der Waals surface area contributed by atoms with Gasteiger partial charge in [0.25, 0.3) is 0 Å². The molecule has 1 aliphatic rings. The van der Waals surface area contributed by atoms with Gasteiger partial charge in [-0.1, -0.05) is 0 Å². The molecule has 0 aliphatic carbocycles. The number of rotatable bonds is 4. The molecule has 2 N–H and O–H groups in total. The Bertz CT molecular complexity index is 473. The maximum Gasteiger partial charge on any atom is 0.249 e. The van der Waals surface area contributed by atoms with Crippen molar-refractivity contribution < 1.29 is 14.3 Å². The Hall–Kier alpha value is -2.11. The summed E-state index contributed by atoms with van der Waals surface area (Å²) in [4.78, 5) is 26.7. The van der Waals surface area contributed by atoms with Crippen LogP contribution in [0, 0.1) is 0 Å². The van der Waals surface area contributed by atoms with Gasteiger partial charge in [0.1, 0.15) is 6.04 Å². The molecule has 0 radical (unpaired) electrons. The first-order valence-electron chi connectivity index (χ1n) is 5.78. The Kier molecular flexibility index (Phi) is 3.45. The molecule has 0 spiro atoms. The van der Waals surface area contributed by atoms with Gasteiger partial charge < -0.3 is 10.1 Å². The van der Waals surface area contributed by atoms with Crippen LogP contribution < -0.4 is 15.4 Å². The molecule has 1 saturated heterocycles. The lowest BCUT2D eigenvalue weighted by molar-refractivity contribution is -0.124. The molecule has 0 saturated carbocycles. The highest BCUT2D eigenvalue weighted by atomic mass is 16.5. The average molecular weight is 249 g/mol. The van der Waals surface area contributed by atoms with E-state index in [1.54, 1.807) is 18.3 Å². The molecule has 2 rings (SSSR count). The zero-order valence-corrected chi connectivity index (χ0v) is 10.3. The number of hydrogen-bond acceptors (Lipinski definition) is 5. The Morgan fingerprint density at radius 1 is 1.50 bits per heavy atom. The monoisotopic (exact) mass is 249 g/mol. The van der Waals surface area contributed by atoms with E-state index in [1.807, 2.05) is 13.8 Å². The highest BCUT2D eigenvalue weighted by Gasteiger charge is 2.31. The van der Waals surface area contributed by atoms with Crippen LogP contribution in [0.25, 0.3) is 0 Å². The van der Waals surface area contributed by atoms with Crippen LogP contribution in [-0.4, -0.2) is 28.9 Å². The fourth-order valence-corrected chi connectivity index (χ4v) is 1.68. The van der Waals surface area contributed by atoms with Gasteiger partial charge in [0, 0.05) is 6.20 Å². The van der Waals surface area contributed by atoms with Crippen molar-refractivity contribution in [2.24, 2.45) is 0 Å². The van der Waals surface area contributed by atoms with Crippen LogP contribution >= 0.6 is 0 Å². The predicted molar refractivity (Wildman–Crippen MR) is 65.2 cm³/mol. The van der Waals surface area contributed by atoms with Gasteiger partial charge in [0.2, 0.25) is 17.7 Å². The summed E-state index contributed by atoms with van der Waals surface area (Å²) in [5.41, 5.74) is 0.612. The first kappa shape index (κ1) is 12.3. The van der Waals surface area contributed by atoms with Crippen molar-refractivity contribution in [1.82, 2.24) is 10.3 Å². The molecule has 2 amide bonds. The largest absolute Gasteiger partial charge is 0.473 e. The number of anilines is 1. The molecule has 2 heterocycles. The van der Waals surface area contributed by atoms with E-state index in [0.29, 0.717) is 11.6 Å². The smallest absolute Gasteiger partial charge is 0.249 e. The molecule has 0 aromatic carbocycles. The van der Waals surface area contributed by atoms with E-state index in [0.717, 1.165) is 0 Å². The fourth-order valence-electron chi connectivity index (χ4n) is 1.68. The zero-order valence-electron chi connectivity index (χ0n) is 10.3. The minimum absolute atomic E-state index is 0.0144. The summed E-state index contributed by atoms with van der Waals surface area (Å²) in [7, 11) is 0. The summed E-state index contributed by atoms with van der Waals surface area (Å²) in [5, 5.41) is 5.22. The zero-order chi connectivity index (χ0) is 13.1. The first-order valence-corrected chi connectivity index (χ1v) is 5.78. The molecular formula is C12H15N3O3. The van der Waals surface area contributed by atoms with Gasteiger partial charge in [-0.3, -0.25) is 14.9 Å². The molecule has 96 valence electrons. The van der Waals surface area contributed by atoms with Crippen LogP contribution in [0.15, 0.2) is 18.3 Å². The second-order valence-electron chi connectivity index (χ2n) is 4.34. The van der Waals surface area contributed by atoms with Gasteiger partial charge >= 0.3 is 0 Å². The molecule has 6 nitrogen and oxygen atoms in total. The van der Waals surface area contributed by atoms with Gasteiger partial charge in [0.15, 0.2) is 0 Å². The Morgan fingerprint density at radius 3 is 2.89 bits per heavy atom. The number of amides is 2. The van der Waals surface area contributed by atoms with Crippen molar-refractivity contribution in [1.29, 1.82) is 0 Å². The van der Waals surface area contributed by atoms with E-state index in [-0.39, 0.29) is 24.3 Å². The van der Waals surface area contributed by atoms with E-state index in [4.69, 9.17) is 4.74 Å². The van der Waals surface area contributed by atoms with Gasteiger partial charge in [0.05, 0.1) is 18.2 Å². The first-order chi connectivity index (χ1) is 8.56. The van der Waals surface area contributed by atoms with Gasteiger partial charge in [-0.05, 0) is 26.0 Å². The van der Waals surface area contributed by atoms with E-state index in [2.05, 4.69) is 15.6 Å². The average Bonchev–Trinajstić information content (AvgIpc) is 2.59. The molecule has 1 fully saturated rings. The quantitative estimate of drug-likeness (QED) is 0.768. The van der Waals surface area contributed by atoms with Crippen LogP contribution in [0.5, 0.6) is 5.88 Å². The molecule has 1 atom stereocenters. The fraction of sp³-hybridized carbons (Fsp3) is 0.417. The number of hydrogen-bond donors (Lipinski definition) is 2. The number of ether oxygens (including phenoxy) is 1. The predicted octanol–water partition coefficient (Wildman–Crippen LogP) is 0.696. The SMILES string of the molecule is CC(C)Oc1ncccc1NC1CC(=O)NC1=O. The molecule has 1 aliphatic heterocycles. The number of nitrogens with zero attached hydrogens (tertiary/aromatic N) is 1. The summed E-state index contributed by atoms with van der Waals surface area (Å²) in [5.74, 6) is -0.160. The summed E-state index contributed by atoms with van der Waals surface area (Å²) in [6, 6.07) is 2.95. The minimum atomic E-state index is -0.559. The minimum Gasteiger partial charge on any atom is -0.473 e. The van der Waals surface area contributed by atoms with Crippen molar-refractivity contribution in [3.05, 3.63) is 18.3 Å². The summed E-state index contributed by atoms with van der Waals surface area (Å²) in [6.07, 6.45) is 1.73. The van der Waals surface area contributed by atoms with Gasteiger partial charge in [-0.25, -0.2) is 4.98 Å². The molecule has 1 aromatic heterocycles. The lowest BCUT2D eigenvalue weighted by atomic mass is 10.2. The van der Waals surface area contributed by atoms with Crippen molar-refractivity contribution in [3.63, 3.8) is 0 Å². The number of aromatic nitrogens is 1. The molecule has 6 heteroatoms. The highest BCUT2D eigenvalue weighted by Crippen LogP contribution is 2.23. The van der Waals surface area contributed by atoms with Crippen LogP contribution in [0.3, 0.4) is 0 Å². The maximum atomic E-state index is 11.5. The summed E-state index contributed by atoms with van der Waals surface area (Å²) >= 11 is 0. The maximum absolute atomic E-state index is 11.5. The van der Waals surface area contributed by atoms with E-state index < -0.39 is 6.04 Å². The van der Waals surface area contributed by atoms with Crippen LogP contribution in [0.4, 0.5) is 5.69 Å². The molecule has 18 heavy (non-hydrogen) atoms. The van der Waals surface area contributed by atoms with Crippen LogP contribution in [0.1, 0.15) is 20.3 Å². The Labute approximate surface area is 105 Å². The second kappa shape index (κ2) is 5.03. The third-order valence-electron chi connectivity index (χ3n) is 2.42. The van der Waals surface area contributed by atoms with Gasteiger partial charge in [-0.2, -0.15) is 0 Å². The van der Waals surface area contributed by atoms with E-state index in [9.17, 15) is 9.59 Å². The second-order valence-corrected chi connectivity index (χ2v) is 4.34. The molecule has 0 bridgehead atoms. The number of carbonyl (C=O) groups excluding carboxylic acids is 2. The number of imide groups is 1. The normalized spacial score (nSPS) is 18.9. The number of pyridine rings is 1. The number of nitrogens with one attached hydrogen (secondary N) is 2. The third kappa shape index (κ3) is 2.77. The van der Waals surface area contributed by atoms with Crippen LogP contribution in [0.2, 0.25) is 0 Å². The Morgan fingerprint density at radius 2 is 2.28 bits per heavy atom. The van der Waals surface area contributed by atoms with Gasteiger partial charge in [-0.15, -0.1) is 0 Å². The third-order valence-corrected chi connectivity index (χ3v) is 2.42. The number of carbonyl (C=O) groups is 2. The van der Waals surface area contributed by atoms with Crippen LogP contribution in [-0.2, 0) is 9.59 Å². The van der Waals surface area contributed by atoms with Crippen molar-refractivity contribution in [2.45, 2.75) is 32.4 Å². The topological polar surface area (TPSA) is 80.3 Å². The summed E-state index contributed by atoms with van der Waals surface area (Å²) < 4.78 is 5.53. The molecule has 1 aromatic rings. The highest BCUT2D eigenvalue weighted by molar-refractivity contribution is 6.06. The van der Waals surface area contributed by atoms with Crippen molar-refractivity contribution in [3.8, 4) is 5.88 Å². The molecular weight excluding hydrogens is 234 g/mol. The van der Waals surface area contributed by atoms with Crippen molar-refractivity contribution >= 4 is 17.5 Å². The lowest BCUT2D eigenvalue weighted by Crippen LogP contribution is -2.30. The van der Waals surface area contributed by atoms with E-state index in [1.165, 1.54) is 0 Å². The lowest BCUT2D eigenvalue weighted by Gasteiger charge is -2.16. The van der Waals surface area contributed by atoms with E-state index >= 15 is 0 Å². The Balaban J connectivity index is 2.13. The summed E-state index contributed by atoms with van der Waals surface area (Å²) in [6.45, 7) is 3.79. The molecule has 1 unspecified atom stereocenters. The standard InChI is InChI=1S/C12H15N3O3/c1-7(2)18-12-8(4-3-5-13-12)14-9-6-10(16)15-11(9)17/h3-5,7,9,14H,6H2,1-2H3,(H,15,16,17).